The molecule has 1 aliphatic rings. The van der Waals surface area contributed by atoms with Crippen molar-refractivity contribution in [2.24, 2.45) is 0 Å². The molecule has 0 heterocycles. The Kier molecular flexibility index (Phi) is 6.09. The third kappa shape index (κ3) is 4.64. The Bertz CT molecular complexity index is 1190. The molecule has 1 atom stereocenters. The van der Waals surface area contributed by atoms with Gasteiger partial charge in [0.25, 0.3) is 0 Å². The zero-order valence-electron chi connectivity index (χ0n) is 16.5. The molecule has 5 nitrogen and oxygen atoms in total. The Hall–Kier alpha value is -3.51. The van der Waals surface area contributed by atoms with E-state index in [9.17, 15) is 14.4 Å². The summed E-state index contributed by atoms with van der Waals surface area (Å²) < 4.78 is 0.749. The fourth-order valence-corrected chi connectivity index (χ4v) is 3.84. The molecule has 0 bridgehead atoms. The van der Waals surface area contributed by atoms with Gasteiger partial charge in [-0.1, -0.05) is 66.7 Å². The third-order valence-corrected chi connectivity index (χ3v) is 5.71. The topological polar surface area (TPSA) is 75.3 Å². The fourth-order valence-electron chi connectivity index (χ4n) is 3.45. The van der Waals surface area contributed by atoms with Crippen LogP contribution in [0, 0.1) is 0 Å². The SMILES string of the molecule is O=C1C=C(N[C@H](Cc2ccccc2)C(=O)Nc2ccccc2Br)C(=O)c2ccccc21. The zero-order valence-corrected chi connectivity index (χ0v) is 18.1. The van der Waals surface area contributed by atoms with E-state index in [2.05, 4.69) is 26.6 Å². The molecule has 0 aliphatic heterocycles. The number of anilines is 1. The van der Waals surface area contributed by atoms with Gasteiger partial charge < -0.3 is 10.6 Å². The lowest BCUT2D eigenvalue weighted by molar-refractivity contribution is -0.117. The molecule has 4 rings (SSSR count). The van der Waals surface area contributed by atoms with Crippen LogP contribution in [-0.4, -0.2) is 23.5 Å². The van der Waals surface area contributed by atoms with Gasteiger partial charge in [-0.25, -0.2) is 0 Å². The number of amides is 1. The van der Waals surface area contributed by atoms with Crippen LogP contribution in [0.25, 0.3) is 0 Å². The summed E-state index contributed by atoms with van der Waals surface area (Å²) in [7, 11) is 0. The molecule has 3 aromatic rings. The van der Waals surface area contributed by atoms with Gasteiger partial charge in [-0.3, -0.25) is 14.4 Å². The molecule has 0 radical (unpaired) electrons. The normalized spacial score (nSPS) is 13.8. The van der Waals surface area contributed by atoms with Gasteiger partial charge in [0.2, 0.25) is 11.7 Å². The first kappa shape index (κ1) is 20.8. The van der Waals surface area contributed by atoms with Crippen LogP contribution in [0.15, 0.2) is 95.1 Å². The summed E-state index contributed by atoms with van der Waals surface area (Å²) in [6.45, 7) is 0. The van der Waals surface area contributed by atoms with E-state index in [-0.39, 0.29) is 23.2 Å². The summed E-state index contributed by atoms with van der Waals surface area (Å²) in [6, 6.07) is 22.7. The predicted octanol–water partition coefficient (Wildman–Crippen LogP) is 4.55. The summed E-state index contributed by atoms with van der Waals surface area (Å²) in [5.74, 6) is -0.875. The number of hydrogen-bond acceptors (Lipinski definition) is 4. The molecule has 0 aromatic heterocycles. The molecular weight excluding hydrogens is 456 g/mol. The van der Waals surface area contributed by atoms with Crippen LogP contribution in [-0.2, 0) is 11.2 Å². The second-order valence-corrected chi connectivity index (χ2v) is 8.01. The van der Waals surface area contributed by atoms with E-state index in [1.807, 2.05) is 48.5 Å². The number of carbonyl (C=O) groups excluding carboxylic acids is 3. The van der Waals surface area contributed by atoms with Crippen molar-refractivity contribution >= 4 is 39.1 Å². The molecule has 0 unspecified atom stereocenters. The molecule has 1 aliphatic carbocycles. The van der Waals surface area contributed by atoms with Gasteiger partial charge in [-0.2, -0.15) is 0 Å². The van der Waals surface area contributed by atoms with Crippen molar-refractivity contribution in [2.45, 2.75) is 12.5 Å². The summed E-state index contributed by atoms with van der Waals surface area (Å²) in [5.41, 5.74) is 2.38. The van der Waals surface area contributed by atoms with Crippen molar-refractivity contribution in [3.63, 3.8) is 0 Å². The number of Topliss-reactive ketones (excluding diaryl/α,β-unsaturated/α-hetero) is 1. The summed E-state index contributed by atoms with van der Waals surface area (Å²) >= 11 is 3.43. The molecule has 154 valence electrons. The van der Waals surface area contributed by atoms with Gasteiger partial charge in [0.1, 0.15) is 6.04 Å². The van der Waals surface area contributed by atoms with Crippen LogP contribution in [0.5, 0.6) is 0 Å². The van der Waals surface area contributed by atoms with E-state index in [1.165, 1.54) is 6.08 Å². The second kappa shape index (κ2) is 9.10. The van der Waals surface area contributed by atoms with Crippen molar-refractivity contribution in [2.75, 3.05) is 5.32 Å². The van der Waals surface area contributed by atoms with Gasteiger partial charge in [-0.15, -0.1) is 0 Å². The van der Waals surface area contributed by atoms with Crippen molar-refractivity contribution in [1.82, 2.24) is 5.32 Å². The molecule has 0 spiro atoms. The number of halogens is 1. The lowest BCUT2D eigenvalue weighted by Crippen LogP contribution is -2.44. The Morgan fingerprint density at radius 1 is 0.839 bits per heavy atom. The maximum atomic E-state index is 13.2. The smallest absolute Gasteiger partial charge is 0.247 e. The zero-order chi connectivity index (χ0) is 21.8. The Morgan fingerprint density at radius 2 is 1.48 bits per heavy atom. The van der Waals surface area contributed by atoms with E-state index in [4.69, 9.17) is 0 Å². The maximum absolute atomic E-state index is 13.2. The standard InChI is InChI=1S/C25H19BrN2O3/c26-19-12-6-7-13-20(19)28-25(31)22(14-16-8-2-1-3-9-16)27-21-15-23(29)17-10-4-5-11-18(17)24(21)30/h1-13,15,22,27H,14H2,(H,28,31)/t22-/m1/s1. The second-order valence-electron chi connectivity index (χ2n) is 7.15. The average molecular weight is 475 g/mol. The molecule has 2 N–H and O–H groups in total. The highest BCUT2D eigenvalue weighted by atomic mass is 79.9. The lowest BCUT2D eigenvalue weighted by Gasteiger charge is -2.23. The molecular formula is C25H19BrN2O3. The minimum atomic E-state index is -0.761. The Morgan fingerprint density at radius 3 is 2.23 bits per heavy atom. The highest BCUT2D eigenvalue weighted by molar-refractivity contribution is 9.10. The van der Waals surface area contributed by atoms with Crippen molar-refractivity contribution in [3.05, 3.63) is 112 Å². The lowest BCUT2D eigenvalue weighted by atomic mass is 9.92. The fraction of sp³-hybridized carbons (Fsp3) is 0.0800. The Labute approximate surface area is 188 Å². The van der Waals surface area contributed by atoms with E-state index < -0.39 is 6.04 Å². The molecule has 0 fully saturated rings. The maximum Gasteiger partial charge on any atom is 0.247 e. The number of ketones is 2. The largest absolute Gasteiger partial charge is 0.370 e. The summed E-state index contributed by atoms with van der Waals surface area (Å²) in [5, 5.41) is 5.92. The highest BCUT2D eigenvalue weighted by Gasteiger charge is 2.29. The molecule has 31 heavy (non-hydrogen) atoms. The minimum absolute atomic E-state index is 0.118. The quantitative estimate of drug-likeness (QED) is 0.549. The average Bonchev–Trinajstić information content (AvgIpc) is 2.79. The van der Waals surface area contributed by atoms with Crippen molar-refractivity contribution in [3.8, 4) is 0 Å². The monoisotopic (exact) mass is 474 g/mol. The van der Waals surface area contributed by atoms with Crippen LogP contribution in [0.4, 0.5) is 5.69 Å². The third-order valence-electron chi connectivity index (χ3n) is 5.02. The predicted molar refractivity (Wildman–Crippen MR) is 123 cm³/mol. The Balaban J connectivity index is 1.62. The number of para-hydroxylation sites is 1. The number of nitrogens with one attached hydrogen (secondary N) is 2. The van der Waals surface area contributed by atoms with E-state index >= 15 is 0 Å². The number of rotatable bonds is 6. The van der Waals surface area contributed by atoms with Gasteiger partial charge in [0.15, 0.2) is 5.78 Å². The van der Waals surface area contributed by atoms with Crippen molar-refractivity contribution < 1.29 is 14.4 Å². The van der Waals surface area contributed by atoms with E-state index in [0.29, 0.717) is 23.2 Å². The molecule has 1 amide bonds. The number of hydrogen-bond donors (Lipinski definition) is 2. The van der Waals surface area contributed by atoms with Crippen molar-refractivity contribution in [1.29, 1.82) is 0 Å². The number of benzene rings is 3. The van der Waals surface area contributed by atoms with Gasteiger partial charge in [0.05, 0.1) is 11.4 Å². The van der Waals surface area contributed by atoms with Crippen LogP contribution in [0.2, 0.25) is 0 Å². The van der Waals surface area contributed by atoms with Crippen LogP contribution in [0.1, 0.15) is 26.3 Å². The summed E-state index contributed by atoms with van der Waals surface area (Å²) in [4.78, 5) is 38.6. The first-order valence-corrected chi connectivity index (χ1v) is 10.6. The minimum Gasteiger partial charge on any atom is -0.370 e. The van der Waals surface area contributed by atoms with Crippen LogP contribution in [0.3, 0.4) is 0 Å². The molecule has 3 aromatic carbocycles. The number of allylic oxidation sites excluding steroid dienone is 2. The van der Waals surface area contributed by atoms with Crippen LogP contribution >= 0.6 is 15.9 Å². The molecule has 0 saturated carbocycles. The van der Waals surface area contributed by atoms with Crippen LogP contribution < -0.4 is 10.6 Å². The molecule has 0 saturated heterocycles. The highest BCUT2D eigenvalue weighted by Crippen LogP contribution is 2.23. The number of carbonyl (C=O) groups is 3. The first-order chi connectivity index (χ1) is 15.0. The summed E-state index contributed by atoms with van der Waals surface area (Å²) in [6.07, 6.45) is 1.62. The van der Waals surface area contributed by atoms with E-state index in [1.54, 1.807) is 30.3 Å². The molecule has 6 heteroatoms. The van der Waals surface area contributed by atoms with Gasteiger partial charge in [0, 0.05) is 28.1 Å². The van der Waals surface area contributed by atoms with E-state index in [0.717, 1.165) is 10.0 Å². The van der Waals surface area contributed by atoms with Gasteiger partial charge in [-0.05, 0) is 33.6 Å². The van der Waals surface area contributed by atoms with Gasteiger partial charge >= 0.3 is 0 Å². The first-order valence-electron chi connectivity index (χ1n) is 9.78. The number of fused-ring (bicyclic) bond motifs is 1.